The van der Waals surface area contributed by atoms with E-state index in [1.54, 1.807) is 37.3 Å². The molecule has 1 aromatic heterocycles. The lowest BCUT2D eigenvalue weighted by molar-refractivity contribution is -0.122. The summed E-state index contributed by atoms with van der Waals surface area (Å²) in [5.74, 6) is 0.0868. The molecule has 8 heteroatoms. The minimum Gasteiger partial charge on any atom is -0.479 e. The average Bonchev–Trinajstić information content (AvgIpc) is 2.99. The number of carbonyl (C=O) groups is 1. The fourth-order valence-electron chi connectivity index (χ4n) is 1.96. The van der Waals surface area contributed by atoms with E-state index in [4.69, 9.17) is 27.9 Å². The van der Waals surface area contributed by atoms with Gasteiger partial charge in [-0.25, -0.2) is 0 Å². The quantitative estimate of drug-likeness (QED) is 0.741. The molecule has 1 amide bonds. The molecule has 0 aliphatic heterocycles. The third-order valence-electron chi connectivity index (χ3n) is 3.11. The van der Waals surface area contributed by atoms with E-state index in [0.29, 0.717) is 27.0 Å². The van der Waals surface area contributed by atoms with Gasteiger partial charge in [0.1, 0.15) is 16.8 Å². The first kappa shape index (κ1) is 16.0. The number of hydrogen-bond acceptors (Lipinski definition) is 5. The third kappa shape index (κ3) is 3.55. The second-order valence-electron chi connectivity index (χ2n) is 4.76. The predicted molar refractivity (Wildman–Crippen MR) is 92.6 cm³/mol. The lowest BCUT2D eigenvalue weighted by atomic mass is 10.2. The van der Waals surface area contributed by atoms with Crippen LogP contribution < -0.4 is 10.1 Å². The van der Waals surface area contributed by atoms with Gasteiger partial charge in [-0.3, -0.25) is 4.79 Å². The number of carbonyl (C=O) groups excluding carboxylic acids is 1. The molecular formula is C15H11Cl2N3O2S. The van der Waals surface area contributed by atoms with Gasteiger partial charge < -0.3 is 10.1 Å². The Balaban J connectivity index is 1.74. The number of benzene rings is 2. The molecule has 1 heterocycles. The van der Waals surface area contributed by atoms with Gasteiger partial charge in [-0.2, -0.15) is 8.75 Å². The van der Waals surface area contributed by atoms with Gasteiger partial charge >= 0.3 is 0 Å². The van der Waals surface area contributed by atoms with Crippen molar-refractivity contribution in [1.29, 1.82) is 0 Å². The van der Waals surface area contributed by atoms with Crippen molar-refractivity contribution in [2.75, 3.05) is 5.32 Å². The number of ether oxygens (including phenoxy) is 1. The lowest BCUT2D eigenvalue weighted by Gasteiger charge is -2.15. The van der Waals surface area contributed by atoms with Gasteiger partial charge in [-0.15, -0.1) is 0 Å². The molecule has 3 rings (SSSR count). The van der Waals surface area contributed by atoms with Gasteiger partial charge in [0.2, 0.25) is 0 Å². The minimum absolute atomic E-state index is 0.309. The molecular weight excluding hydrogens is 357 g/mol. The molecule has 118 valence electrons. The van der Waals surface area contributed by atoms with E-state index in [1.165, 1.54) is 0 Å². The van der Waals surface area contributed by atoms with Crippen molar-refractivity contribution < 1.29 is 9.53 Å². The monoisotopic (exact) mass is 367 g/mol. The van der Waals surface area contributed by atoms with Crippen molar-refractivity contribution in [3.05, 3.63) is 46.4 Å². The van der Waals surface area contributed by atoms with Gasteiger partial charge in [0, 0.05) is 5.02 Å². The van der Waals surface area contributed by atoms with Crippen molar-refractivity contribution >= 4 is 57.6 Å². The Morgan fingerprint density at radius 1 is 1.26 bits per heavy atom. The van der Waals surface area contributed by atoms with Gasteiger partial charge in [0.25, 0.3) is 5.91 Å². The first-order chi connectivity index (χ1) is 11.0. The normalized spacial score (nSPS) is 12.1. The molecule has 1 N–H and O–H groups in total. The fourth-order valence-corrected chi connectivity index (χ4v) is 2.96. The molecule has 2 aromatic carbocycles. The SMILES string of the molecule is CC(Oc1ccc(Cl)cc1Cl)C(=O)Nc1cccc2nsnc12. The number of aromatic nitrogens is 2. The van der Waals surface area contributed by atoms with Crippen LogP contribution in [0, 0.1) is 0 Å². The molecule has 0 bridgehead atoms. The van der Waals surface area contributed by atoms with Crippen LogP contribution in [0.2, 0.25) is 10.0 Å². The standard InChI is InChI=1S/C15H11Cl2N3O2S/c1-8(22-13-6-5-9(16)7-10(13)17)15(21)18-11-3-2-4-12-14(11)20-23-19-12/h2-8H,1H3,(H,18,21). The summed E-state index contributed by atoms with van der Waals surface area (Å²) in [5.41, 5.74) is 1.99. The molecule has 0 radical (unpaired) electrons. The first-order valence-electron chi connectivity index (χ1n) is 6.68. The minimum atomic E-state index is -0.740. The molecule has 0 fully saturated rings. The van der Waals surface area contributed by atoms with E-state index in [-0.39, 0.29) is 5.91 Å². The van der Waals surface area contributed by atoms with Crippen molar-refractivity contribution in [2.24, 2.45) is 0 Å². The highest BCUT2D eigenvalue weighted by Gasteiger charge is 2.18. The summed E-state index contributed by atoms with van der Waals surface area (Å²) in [6, 6.07) is 10.2. The summed E-state index contributed by atoms with van der Waals surface area (Å²) in [6.45, 7) is 1.64. The molecule has 0 aliphatic carbocycles. The molecule has 0 saturated heterocycles. The highest BCUT2D eigenvalue weighted by molar-refractivity contribution is 7.00. The second-order valence-corrected chi connectivity index (χ2v) is 6.13. The Morgan fingerprint density at radius 2 is 2.09 bits per heavy atom. The zero-order chi connectivity index (χ0) is 16.4. The summed E-state index contributed by atoms with van der Waals surface area (Å²) in [6.07, 6.45) is -0.740. The summed E-state index contributed by atoms with van der Waals surface area (Å²) in [7, 11) is 0. The number of amides is 1. The number of halogens is 2. The predicted octanol–water partition coefficient (Wildman–Crippen LogP) is 4.40. The van der Waals surface area contributed by atoms with Crippen molar-refractivity contribution in [3.63, 3.8) is 0 Å². The van der Waals surface area contributed by atoms with Crippen LogP contribution in [0.4, 0.5) is 5.69 Å². The summed E-state index contributed by atoms with van der Waals surface area (Å²) in [4.78, 5) is 12.3. The zero-order valence-electron chi connectivity index (χ0n) is 11.9. The van der Waals surface area contributed by atoms with E-state index in [1.807, 2.05) is 6.07 Å². The number of nitrogens with one attached hydrogen (secondary N) is 1. The number of hydrogen-bond donors (Lipinski definition) is 1. The van der Waals surface area contributed by atoms with E-state index in [9.17, 15) is 4.79 Å². The van der Waals surface area contributed by atoms with E-state index in [0.717, 1.165) is 17.2 Å². The Morgan fingerprint density at radius 3 is 2.87 bits per heavy atom. The number of anilines is 1. The molecule has 0 spiro atoms. The smallest absolute Gasteiger partial charge is 0.265 e. The summed E-state index contributed by atoms with van der Waals surface area (Å²) in [5, 5.41) is 3.64. The van der Waals surface area contributed by atoms with Crippen LogP contribution in [0.3, 0.4) is 0 Å². The molecule has 1 atom stereocenters. The average molecular weight is 368 g/mol. The van der Waals surface area contributed by atoms with Crippen LogP contribution in [-0.4, -0.2) is 20.8 Å². The van der Waals surface area contributed by atoms with Crippen molar-refractivity contribution in [2.45, 2.75) is 13.0 Å². The Kier molecular flexibility index (Phi) is 4.66. The summed E-state index contributed by atoms with van der Waals surface area (Å²) < 4.78 is 13.9. The van der Waals surface area contributed by atoms with E-state index in [2.05, 4.69) is 14.1 Å². The third-order valence-corrected chi connectivity index (χ3v) is 4.18. The lowest BCUT2D eigenvalue weighted by Crippen LogP contribution is -2.30. The molecule has 0 aliphatic rings. The maximum absolute atomic E-state index is 12.3. The zero-order valence-corrected chi connectivity index (χ0v) is 14.2. The second kappa shape index (κ2) is 6.70. The van der Waals surface area contributed by atoms with Crippen LogP contribution >= 0.6 is 34.9 Å². The van der Waals surface area contributed by atoms with E-state index >= 15 is 0 Å². The van der Waals surface area contributed by atoms with Gasteiger partial charge in [0.15, 0.2) is 6.10 Å². The van der Waals surface area contributed by atoms with Gasteiger partial charge in [-0.1, -0.05) is 29.3 Å². The maximum atomic E-state index is 12.3. The number of nitrogens with zero attached hydrogens (tertiary/aromatic N) is 2. The number of fused-ring (bicyclic) bond motifs is 1. The maximum Gasteiger partial charge on any atom is 0.265 e. The Labute approximate surface area is 146 Å². The molecule has 23 heavy (non-hydrogen) atoms. The topological polar surface area (TPSA) is 64.1 Å². The Bertz CT molecular complexity index is 869. The van der Waals surface area contributed by atoms with Crippen LogP contribution in [0.5, 0.6) is 5.75 Å². The highest BCUT2D eigenvalue weighted by atomic mass is 35.5. The van der Waals surface area contributed by atoms with Gasteiger partial charge in [-0.05, 0) is 37.3 Å². The van der Waals surface area contributed by atoms with Crippen LogP contribution in [0.25, 0.3) is 11.0 Å². The number of rotatable bonds is 4. The van der Waals surface area contributed by atoms with Crippen LogP contribution in [0.1, 0.15) is 6.92 Å². The molecule has 0 saturated carbocycles. The van der Waals surface area contributed by atoms with Gasteiger partial charge in [0.05, 0.1) is 22.4 Å². The van der Waals surface area contributed by atoms with Crippen LogP contribution in [0.15, 0.2) is 36.4 Å². The molecule has 1 unspecified atom stereocenters. The fraction of sp³-hybridized carbons (Fsp3) is 0.133. The van der Waals surface area contributed by atoms with Crippen molar-refractivity contribution in [1.82, 2.24) is 8.75 Å². The first-order valence-corrected chi connectivity index (χ1v) is 8.17. The Hall–Kier alpha value is -1.89. The highest BCUT2D eigenvalue weighted by Crippen LogP contribution is 2.28. The van der Waals surface area contributed by atoms with E-state index < -0.39 is 6.10 Å². The molecule has 3 aromatic rings. The molecule has 5 nitrogen and oxygen atoms in total. The van der Waals surface area contributed by atoms with Crippen LogP contribution in [-0.2, 0) is 4.79 Å². The largest absolute Gasteiger partial charge is 0.479 e. The summed E-state index contributed by atoms with van der Waals surface area (Å²) >= 11 is 13.0. The van der Waals surface area contributed by atoms with Crippen molar-refractivity contribution in [3.8, 4) is 5.75 Å².